The molecule has 10 rings (SSSR count). The van der Waals surface area contributed by atoms with Crippen LogP contribution in [0.4, 0.5) is 34.1 Å². The molecule has 0 saturated heterocycles. The van der Waals surface area contributed by atoms with Gasteiger partial charge in [-0.3, -0.25) is 9.59 Å². The lowest BCUT2D eigenvalue weighted by Gasteiger charge is -2.25. The van der Waals surface area contributed by atoms with E-state index in [9.17, 15) is 9.59 Å². The van der Waals surface area contributed by atoms with Crippen LogP contribution in [-0.4, -0.2) is 36.1 Å². The van der Waals surface area contributed by atoms with Gasteiger partial charge in [-0.05, 0) is 132 Å². The molecule has 0 fully saturated rings. The minimum atomic E-state index is -0.205. The third-order valence-corrected chi connectivity index (χ3v) is 16.2. The van der Waals surface area contributed by atoms with Crippen LogP contribution in [0.5, 0.6) is 0 Å². The number of anilines is 6. The lowest BCUT2D eigenvalue weighted by molar-refractivity contribution is -0.141. The van der Waals surface area contributed by atoms with E-state index in [1.807, 2.05) is 12.1 Å². The molecule has 6 aromatic carbocycles. The van der Waals surface area contributed by atoms with Crippen LogP contribution in [0.25, 0.3) is 50.3 Å². The second-order valence-electron chi connectivity index (χ2n) is 15.9. The molecule has 0 amide bonds. The Morgan fingerprint density at radius 2 is 0.721 bits per heavy atom. The summed E-state index contributed by atoms with van der Waals surface area (Å²) in [5, 5.41) is 1.96. The number of nitrogens with zero attached hydrogens (tertiary/aromatic N) is 4. The van der Waals surface area contributed by atoms with Crippen LogP contribution in [0.3, 0.4) is 0 Å². The van der Waals surface area contributed by atoms with Crippen molar-refractivity contribution in [3.8, 4) is 40.7 Å². The Kier molecular flexibility index (Phi) is 13.3. The summed E-state index contributed by atoms with van der Waals surface area (Å²) < 4.78 is 9.65. The van der Waals surface area contributed by atoms with E-state index in [1.54, 1.807) is 45.3 Å². The summed E-state index contributed by atoms with van der Waals surface area (Å²) in [6, 6.07) is 63.5. The number of aromatic nitrogens is 2. The number of thiazole rings is 2. The SMILES string of the molecule is COC(=O)CCc1ccc(N(c2ccccc2)c2ccc(-c3ccc(-c4nc5sc(-c6ccc(-c7ccc(N(c8ccccc8)c8ccc(CCC(=O)OC)cc8)cc7)s6)nc5s4)s3)cc2)cc1. The van der Waals surface area contributed by atoms with Crippen molar-refractivity contribution in [3.63, 3.8) is 0 Å². The zero-order valence-corrected chi connectivity index (χ0v) is 40.5. The highest BCUT2D eigenvalue weighted by atomic mass is 32.1. The number of carbonyl (C=O) groups excluding carboxylic acids is 2. The lowest BCUT2D eigenvalue weighted by atomic mass is 10.1. The average Bonchev–Trinajstić information content (AvgIpc) is 4.23. The number of para-hydroxylation sites is 2. The van der Waals surface area contributed by atoms with Gasteiger partial charge in [0.2, 0.25) is 0 Å². The molecule has 0 unspecified atom stereocenters. The fourth-order valence-corrected chi connectivity index (χ4v) is 12.2. The smallest absolute Gasteiger partial charge is 0.305 e. The van der Waals surface area contributed by atoms with Crippen molar-refractivity contribution in [3.05, 3.63) is 193 Å². The van der Waals surface area contributed by atoms with E-state index in [0.717, 1.165) is 85.8 Å². The molecule has 0 bridgehead atoms. The number of methoxy groups -OCH3 is 2. The molecule has 0 atom stereocenters. The summed E-state index contributed by atoms with van der Waals surface area (Å²) in [7, 11) is 2.85. The number of hydrogen-bond acceptors (Lipinski definition) is 12. The highest BCUT2D eigenvalue weighted by molar-refractivity contribution is 7.32. The third kappa shape index (κ3) is 9.90. The second-order valence-corrected chi connectivity index (χ2v) is 20.0. The molecular formula is C56H44N4O4S4. The van der Waals surface area contributed by atoms with Crippen molar-refractivity contribution in [2.24, 2.45) is 0 Å². The summed E-state index contributed by atoms with van der Waals surface area (Å²) in [5.41, 5.74) is 10.8. The Bertz CT molecular complexity index is 3040. The number of carbonyl (C=O) groups is 2. The molecule has 0 aliphatic carbocycles. The van der Waals surface area contributed by atoms with Crippen LogP contribution >= 0.6 is 45.3 Å². The highest BCUT2D eigenvalue weighted by Gasteiger charge is 2.19. The van der Waals surface area contributed by atoms with Crippen molar-refractivity contribution in [1.29, 1.82) is 0 Å². The average molecular weight is 965 g/mol. The van der Waals surface area contributed by atoms with Gasteiger partial charge in [-0.2, -0.15) is 0 Å². The molecule has 4 heterocycles. The lowest BCUT2D eigenvalue weighted by Crippen LogP contribution is -2.10. The molecule has 0 saturated carbocycles. The van der Waals surface area contributed by atoms with Gasteiger partial charge >= 0.3 is 11.9 Å². The monoisotopic (exact) mass is 964 g/mol. The first-order chi connectivity index (χ1) is 33.4. The maximum Gasteiger partial charge on any atom is 0.305 e. The molecular weight excluding hydrogens is 921 g/mol. The van der Waals surface area contributed by atoms with Gasteiger partial charge < -0.3 is 19.3 Å². The maximum absolute atomic E-state index is 11.7. The summed E-state index contributed by atoms with van der Waals surface area (Å²) >= 11 is 6.77. The summed E-state index contributed by atoms with van der Waals surface area (Å²) in [5.74, 6) is -0.410. The summed E-state index contributed by atoms with van der Waals surface area (Å²) in [6.45, 7) is 0. The Morgan fingerprint density at radius 3 is 1.07 bits per heavy atom. The topological polar surface area (TPSA) is 84.9 Å². The first-order valence-corrected chi connectivity index (χ1v) is 25.4. The number of aryl methyl sites for hydroxylation is 2. The molecule has 68 heavy (non-hydrogen) atoms. The van der Waals surface area contributed by atoms with Crippen LogP contribution < -0.4 is 9.80 Å². The largest absolute Gasteiger partial charge is 0.469 e. The number of esters is 2. The van der Waals surface area contributed by atoms with Gasteiger partial charge in [-0.15, -0.1) is 22.7 Å². The number of thiophene rings is 2. The Balaban J connectivity index is 0.822. The van der Waals surface area contributed by atoms with E-state index < -0.39 is 0 Å². The van der Waals surface area contributed by atoms with E-state index >= 15 is 0 Å². The zero-order chi connectivity index (χ0) is 46.4. The highest BCUT2D eigenvalue weighted by Crippen LogP contribution is 2.44. The van der Waals surface area contributed by atoms with Gasteiger partial charge in [0.25, 0.3) is 0 Å². The molecule has 0 spiro atoms. The minimum Gasteiger partial charge on any atom is -0.469 e. The number of hydrogen-bond donors (Lipinski definition) is 0. The number of rotatable bonds is 16. The summed E-state index contributed by atoms with van der Waals surface area (Å²) in [4.78, 5) is 44.5. The van der Waals surface area contributed by atoms with Crippen LogP contribution in [0.1, 0.15) is 24.0 Å². The molecule has 0 aliphatic rings. The number of benzene rings is 6. The van der Waals surface area contributed by atoms with E-state index in [0.29, 0.717) is 25.7 Å². The van der Waals surface area contributed by atoms with E-state index in [2.05, 4.69) is 180 Å². The van der Waals surface area contributed by atoms with Crippen LogP contribution in [0, 0.1) is 0 Å². The minimum absolute atomic E-state index is 0.205. The third-order valence-electron chi connectivity index (χ3n) is 11.5. The predicted octanol–water partition coefficient (Wildman–Crippen LogP) is 15.7. The number of fused-ring (bicyclic) bond motifs is 1. The van der Waals surface area contributed by atoms with E-state index in [-0.39, 0.29) is 11.9 Å². The fourth-order valence-electron chi connectivity index (χ4n) is 7.99. The van der Waals surface area contributed by atoms with Gasteiger partial charge in [-0.1, -0.05) is 108 Å². The molecule has 4 aromatic heterocycles. The fraction of sp³-hybridized carbons (Fsp3) is 0.107. The van der Waals surface area contributed by atoms with Crippen molar-refractivity contribution in [2.45, 2.75) is 25.7 Å². The predicted molar refractivity (Wildman–Crippen MR) is 283 cm³/mol. The first-order valence-electron chi connectivity index (χ1n) is 22.1. The quantitative estimate of drug-likeness (QED) is 0.0886. The van der Waals surface area contributed by atoms with Crippen molar-refractivity contribution >= 4 is 101 Å². The normalized spacial score (nSPS) is 11.1. The van der Waals surface area contributed by atoms with Crippen LogP contribution in [0.15, 0.2) is 182 Å². The molecule has 0 N–H and O–H groups in total. The van der Waals surface area contributed by atoms with Gasteiger partial charge in [0.1, 0.15) is 10.0 Å². The number of ether oxygens (including phenoxy) is 2. The first kappa shape index (κ1) is 44.6. The van der Waals surface area contributed by atoms with Crippen LogP contribution in [-0.2, 0) is 31.9 Å². The molecule has 8 nitrogen and oxygen atoms in total. The zero-order valence-electron chi connectivity index (χ0n) is 37.2. The maximum atomic E-state index is 11.7. The molecule has 0 aliphatic heterocycles. The van der Waals surface area contributed by atoms with Gasteiger partial charge in [-0.25, -0.2) is 9.97 Å². The van der Waals surface area contributed by atoms with Gasteiger partial charge in [0.15, 0.2) is 9.66 Å². The van der Waals surface area contributed by atoms with Crippen LogP contribution in [0.2, 0.25) is 0 Å². The van der Waals surface area contributed by atoms with E-state index in [1.165, 1.54) is 24.0 Å². The standard InChI is InChI=1S/C56H44N4O4S4/c1-63-51(61)35-17-37-13-23-43(24-14-37)59(41-9-5-3-6-10-41)45-27-19-39(20-28-45)47-31-33-49(65-47)53-57-55-56(67-53)58-54(68-55)50-34-32-48(66-50)40-21-29-46(30-22-40)60(42-11-7-4-8-12-42)44-25-15-38(16-26-44)18-36-52(62)64-2/h3-16,19-34H,17-18,35-36H2,1-2H3. The van der Waals surface area contributed by atoms with E-state index in [4.69, 9.17) is 19.4 Å². The Morgan fingerprint density at radius 1 is 0.397 bits per heavy atom. The van der Waals surface area contributed by atoms with Crippen molar-refractivity contribution in [1.82, 2.24) is 9.97 Å². The second kappa shape index (κ2) is 20.3. The van der Waals surface area contributed by atoms with Crippen molar-refractivity contribution in [2.75, 3.05) is 24.0 Å². The molecule has 10 aromatic rings. The van der Waals surface area contributed by atoms with Gasteiger partial charge in [0.05, 0.1) is 24.0 Å². The molecule has 0 radical (unpaired) electrons. The van der Waals surface area contributed by atoms with Gasteiger partial charge in [0, 0.05) is 56.7 Å². The Hall–Kier alpha value is -7.22. The molecule has 336 valence electrons. The summed E-state index contributed by atoms with van der Waals surface area (Å²) in [6.07, 6.45) is 1.99. The molecule has 12 heteroatoms. The van der Waals surface area contributed by atoms with Crippen molar-refractivity contribution < 1.29 is 19.1 Å². The Labute approximate surface area is 411 Å².